The van der Waals surface area contributed by atoms with Gasteiger partial charge in [0.15, 0.2) is 11.7 Å². The molecule has 0 aromatic heterocycles. The van der Waals surface area contributed by atoms with E-state index in [2.05, 4.69) is 0 Å². The zero-order valence-corrected chi connectivity index (χ0v) is 5.96. The van der Waals surface area contributed by atoms with E-state index in [1.807, 2.05) is 0 Å². The molecule has 0 heterocycles. The summed E-state index contributed by atoms with van der Waals surface area (Å²) < 4.78 is 35.3. The van der Waals surface area contributed by atoms with Gasteiger partial charge in [-0.3, -0.25) is 0 Å². The number of carbonyl (C=O) groups is 1. The molecule has 4 nitrogen and oxygen atoms in total. The molecule has 12 heavy (non-hydrogen) atoms. The summed E-state index contributed by atoms with van der Waals surface area (Å²) in [6.45, 7) is 0.186. The van der Waals surface area contributed by atoms with E-state index in [1.54, 1.807) is 0 Å². The molecule has 0 unspecified atom stereocenters. The van der Waals surface area contributed by atoms with Gasteiger partial charge in [-0.2, -0.15) is 13.2 Å². The lowest BCUT2D eigenvalue weighted by molar-refractivity contribution is -0.281. The normalized spacial score (nSPS) is 19.8. The van der Waals surface area contributed by atoms with Crippen LogP contribution in [0.25, 0.3) is 0 Å². The first-order valence-corrected chi connectivity index (χ1v) is 2.80. The van der Waals surface area contributed by atoms with E-state index in [-0.39, 0.29) is 6.92 Å². The number of hydrogen-bond donors (Lipinski definition) is 3. The highest BCUT2D eigenvalue weighted by atomic mass is 19.4. The van der Waals surface area contributed by atoms with Crippen molar-refractivity contribution in [3.8, 4) is 0 Å². The van der Waals surface area contributed by atoms with Gasteiger partial charge in [0.25, 0.3) is 0 Å². The van der Waals surface area contributed by atoms with E-state index in [9.17, 15) is 18.0 Å². The fourth-order valence-corrected chi connectivity index (χ4v) is 0.395. The van der Waals surface area contributed by atoms with Gasteiger partial charge in [0.1, 0.15) is 0 Å². The summed E-state index contributed by atoms with van der Waals surface area (Å²) in [6, 6.07) is 0. The topological polar surface area (TPSA) is 77.8 Å². The summed E-state index contributed by atoms with van der Waals surface area (Å²) in [7, 11) is 0. The number of hydrogen-bond acceptors (Lipinski definition) is 3. The number of aliphatic hydroxyl groups excluding tert-OH is 1. The van der Waals surface area contributed by atoms with Crippen LogP contribution in [0, 0.1) is 0 Å². The van der Waals surface area contributed by atoms with Crippen LogP contribution in [-0.4, -0.2) is 39.2 Å². The molecule has 7 heteroatoms. The largest absolute Gasteiger partial charge is 0.479 e. The molecule has 0 fully saturated rings. The first kappa shape index (κ1) is 11.2. The number of alkyl halides is 3. The maximum absolute atomic E-state index is 11.8. The Hall–Kier alpha value is -0.820. The minimum Gasteiger partial charge on any atom is -0.479 e. The predicted molar refractivity (Wildman–Crippen MR) is 30.3 cm³/mol. The molecular formula is C5H7F3O4. The number of aliphatic carboxylic acids is 1. The van der Waals surface area contributed by atoms with Crippen LogP contribution in [0.2, 0.25) is 0 Å². The Kier molecular flexibility index (Phi) is 2.71. The number of halogens is 3. The van der Waals surface area contributed by atoms with Crippen LogP contribution in [0.15, 0.2) is 0 Å². The molecular weight excluding hydrogens is 181 g/mol. The summed E-state index contributed by atoms with van der Waals surface area (Å²) in [4.78, 5) is 9.88. The first-order valence-electron chi connectivity index (χ1n) is 2.80. The maximum atomic E-state index is 11.8. The van der Waals surface area contributed by atoms with E-state index in [4.69, 9.17) is 15.3 Å². The molecule has 0 bridgehead atoms. The van der Waals surface area contributed by atoms with Crippen molar-refractivity contribution in [3.63, 3.8) is 0 Å². The van der Waals surface area contributed by atoms with E-state index in [0.29, 0.717) is 0 Å². The summed E-state index contributed by atoms with van der Waals surface area (Å²) in [6.07, 6.45) is -8.05. The van der Waals surface area contributed by atoms with Gasteiger partial charge in [-0.05, 0) is 6.92 Å². The second-order valence-electron chi connectivity index (χ2n) is 2.39. The zero-order valence-electron chi connectivity index (χ0n) is 5.96. The molecule has 0 amide bonds. The van der Waals surface area contributed by atoms with E-state index < -0.39 is 23.9 Å². The molecule has 0 spiro atoms. The Morgan fingerprint density at radius 3 is 1.83 bits per heavy atom. The second-order valence-corrected chi connectivity index (χ2v) is 2.39. The molecule has 0 saturated carbocycles. The number of carboxylic acid groups (broad SMARTS) is 1. The molecule has 2 atom stereocenters. The van der Waals surface area contributed by atoms with Gasteiger partial charge in [-0.25, -0.2) is 4.79 Å². The zero-order chi connectivity index (χ0) is 10.2. The van der Waals surface area contributed by atoms with Crippen molar-refractivity contribution >= 4 is 5.97 Å². The third kappa shape index (κ3) is 1.86. The standard InChI is InChI=1S/C5H7F3O4/c1-4(12,5(6,7)8)2(9)3(10)11/h2,9,12H,1H3,(H,10,11)/t2-,4+/m0/s1. The van der Waals surface area contributed by atoms with Crippen molar-refractivity contribution < 1.29 is 33.3 Å². The Morgan fingerprint density at radius 1 is 1.42 bits per heavy atom. The third-order valence-electron chi connectivity index (χ3n) is 1.34. The van der Waals surface area contributed by atoms with Crippen molar-refractivity contribution in [1.82, 2.24) is 0 Å². The van der Waals surface area contributed by atoms with E-state index in [0.717, 1.165) is 0 Å². The predicted octanol–water partition coefficient (Wildman–Crippen LogP) is -0.255. The molecule has 0 aliphatic carbocycles. The Balaban J connectivity index is 4.73. The van der Waals surface area contributed by atoms with Crippen LogP contribution in [0.1, 0.15) is 6.92 Å². The van der Waals surface area contributed by atoms with Gasteiger partial charge in [0.05, 0.1) is 0 Å². The fourth-order valence-electron chi connectivity index (χ4n) is 0.395. The molecule has 0 radical (unpaired) electrons. The van der Waals surface area contributed by atoms with Crippen LogP contribution in [0.4, 0.5) is 13.2 Å². The van der Waals surface area contributed by atoms with Crippen molar-refractivity contribution in [2.24, 2.45) is 0 Å². The molecule has 0 aliphatic heterocycles. The van der Waals surface area contributed by atoms with Crippen molar-refractivity contribution in [1.29, 1.82) is 0 Å². The number of carboxylic acids is 1. The summed E-state index contributed by atoms with van der Waals surface area (Å²) in [5.74, 6) is -2.13. The lowest BCUT2D eigenvalue weighted by Gasteiger charge is -2.28. The highest BCUT2D eigenvalue weighted by Crippen LogP contribution is 2.32. The Labute approximate surface area is 65.2 Å². The summed E-state index contributed by atoms with van der Waals surface area (Å²) >= 11 is 0. The molecule has 72 valence electrons. The lowest BCUT2D eigenvalue weighted by atomic mass is 9.99. The van der Waals surface area contributed by atoms with Gasteiger partial charge in [0, 0.05) is 0 Å². The molecule has 0 aromatic rings. The SMILES string of the molecule is C[C@@](O)([C@@H](O)C(=O)O)C(F)(F)F. The summed E-state index contributed by atoms with van der Waals surface area (Å²) in [5.41, 5.74) is -3.63. The van der Waals surface area contributed by atoms with Gasteiger partial charge in [-0.1, -0.05) is 0 Å². The Morgan fingerprint density at radius 2 is 1.75 bits per heavy atom. The molecule has 0 aromatic carbocycles. The third-order valence-corrected chi connectivity index (χ3v) is 1.34. The van der Waals surface area contributed by atoms with E-state index >= 15 is 0 Å². The van der Waals surface area contributed by atoms with Crippen molar-refractivity contribution in [2.45, 2.75) is 24.8 Å². The van der Waals surface area contributed by atoms with Crippen LogP contribution in [0.3, 0.4) is 0 Å². The monoisotopic (exact) mass is 188 g/mol. The van der Waals surface area contributed by atoms with Crippen LogP contribution < -0.4 is 0 Å². The lowest BCUT2D eigenvalue weighted by Crippen LogP contribution is -2.55. The van der Waals surface area contributed by atoms with Gasteiger partial charge < -0.3 is 15.3 Å². The second kappa shape index (κ2) is 2.91. The van der Waals surface area contributed by atoms with Crippen molar-refractivity contribution in [3.05, 3.63) is 0 Å². The highest BCUT2D eigenvalue weighted by Gasteiger charge is 2.57. The quantitative estimate of drug-likeness (QED) is 0.558. The van der Waals surface area contributed by atoms with Gasteiger partial charge in [-0.15, -0.1) is 0 Å². The van der Waals surface area contributed by atoms with Gasteiger partial charge >= 0.3 is 12.1 Å². The van der Waals surface area contributed by atoms with Gasteiger partial charge in [0.2, 0.25) is 0 Å². The first-order chi connectivity index (χ1) is 5.10. The van der Waals surface area contributed by atoms with Crippen LogP contribution >= 0.6 is 0 Å². The minimum absolute atomic E-state index is 0.186. The molecule has 0 saturated heterocycles. The van der Waals surface area contributed by atoms with Crippen LogP contribution in [0.5, 0.6) is 0 Å². The average Bonchev–Trinajstić information content (AvgIpc) is 1.83. The number of rotatable bonds is 2. The maximum Gasteiger partial charge on any atom is 0.420 e. The molecule has 3 N–H and O–H groups in total. The number of aliphatic hydroxyl groups is 2. The van der Waals surface area contributed by atoms with Crippen molar-refractivity contribution in [2.75, 3.05) is 0 Å². The Bertz CT molecular complexity index is 186. The average molecular weight is 188 g/mol. The fraction of sp³-hybridized carbons (Fsp3) is 0.800. The van der Waals surface area contributed by atoms with Crippen LogP contribution in [-0.2, 0) is 4.79 Å². The smallest absolute Gasteiger partial charge is 0.420 e. The highest BCUT2D eigenvalue weighted by molar-refractivity contribution is 5.73. The minimum atomic E-state index is -5.18. The van der Waals surface area contributed by atoms with E-state index in [1.165, 1.54) is 0 Å². The summed E-state index contributed by atoms with van der Waals surface area (Å²) in [5, 5.41) is 24.9. The molecule has 0 aliphatic rings. The molecule has 0 rings (SSSR count).